The summed E-state index contributed by atoms with van der Waals surface area (Å²) in [4.78, 5) is 17.3. The molecule has 0 spiro atoms. The first kappa shape index (κ1) is 17.0. The normalized spacial score (nSPS) is 21.7. The maximum absolute atomic E-state index is 12.5. The van der Waals surface area contributed by atoms with E-state index in [1.165, 1.54) is 11.3 Å². The highest BCUT2D eigenvalue weighted by molar-refractivity contribution is 7.11. The molecule has 130 valence electrons. The second-order valence-corrected chi connectivity index (χ2v) is 7.70. The summed E-state index contributed by atoms with van der Waals surface area (Å²) in [5, 5.41) is 21.5. The molecule has 24 heavy (non-hydrogen) atoms. The lowest BCUT2D eigenvalue weighted by Crippen LogP contribution is -2.43. The van der Waals surface area contributed by atoms with Gasteiger partial charge in [-0.15, -0.1) is 16.4 Å². The zero-order valence-corrected chi connectivity index (χ0v) is 15.0. The Labute approximate surface area is 145 Å². The van der Waals surface area contributed by atoms with Gasteiger partial charge in [0.05, 0.1) is 29.5 Å². The van der Waals surface area contributed by atoms with E-state index in [4.69, 9.17) is 0 Å². The fourth-order valence-corrected chi connectivity index (χ4v) is 3.77. The first-order valence-electron chi connectivity index (χ1n) is 8.22. The van der Waals surface area contributed by atoms with Gasteiger partial charge in [-0.1, -0.05) is 18.1 Å². The first-order valence-corrected chi connectivity index (χ1v) is 9.10. The topological polar surface area (TPSA) is 92.9 Å². The predicted molar refractivity (Wildman–Crippen MR) is 90.9 cm³/mol. The van der Waals surface area contributed by atoms with Crippen LogP contribution >= 0.6 is 11.3 Å². The molecule has 2 atom stereocenters. The largest absolute Gasteiger partial charge is 0.384 e. The van der Waals surface area contributed by atoms with E-state index in [-0.39, 0.29) is 18.0 Å². The van der Waals surface area contributed by atoms with Crippen LogP contribution in [0, 0.1) is 6.92 Å². The Kier molecular flexibility index (Phi) is 4.69. The Morgan fingerprint density at radius 2 is 2.17 bits per heavy atom. The summed E-state index contributed by atoms with van der Waals surface area (Å²) in [6.07, 6.45) is 5.80. The molecule has 1 amide bonds. The van der Waals surface area contributed by atoms with E-state index in [2.05, 4.69) is 20.6 Å². The van der Waals surface area contributed by atoms with Crippen LogP contribution in [0.25, 0.3) is 0 Å². The van der Waals surface area contributed by atoms with E-state index < -0.39 is 5.60 Å². The Morgan fingerprint density at radius 3 is 2.79 bits per heavy atom. The van der Waals surface area contributed by atoms with Gasteiger partial charge in [-0.05, 0) is 33.6 Å². The summed E-state index contributed by atoms with van der Waals surface area (Å²) in [6, 6.07) is 0.0589. The van der Waals surface area contributed by atoms with Crippen LogP contribution in [0.3, 0.4) is 0 Å². The number of hydrogen-bond acceptors (Lipinski definition) is 6. The van der Waals surface area contributed by atoms with Gasteiger partial charge in [0, 0.05) is 0 Å². The fourth-order valence-electron chi connectivity index (χ4n) is 3.07. The number of thiazole rings is 1. The number of rotatable bonds is 4. The van der Waals surface area contributed by atoms with Crippen molar-refractivity contribution in [2.45, 2.75) is 64.1 Å². The molecular weight excluding hydrogens is 326 g/mol. The lowest BCUT2D eigenvalue weighted by molar-refractivity contribution is 0.0736. The standard InChI is InChI=1S/C16H23N5O2S/c1-10-14(24-9-17-10)15(22)18-11-6-4-5-7-12(11)21-8-13(19-20-21)16(2,3)23/h8-9,11-12,23H,4-7H2,1-3H3,(H,18,22)/t11-,12+/m0/s1. The average Bonchev–Trinajstić information content (AvgIpc) is 3.16. The highest BCUT2D eigenvalue weighted by atomic mass is 32.1. The van der Waals surface area contributed by atoms with Crippen LogP contribution in [0.1, 0.15) is 66.6 Å². The van der Waals surface area contributed by atoms with Crippen molar-refractivity contribution < 1.29 is 9.90 Å². The molecule has 8 heteroatoms. The summed E-state index contributed by atoms with van der Waals surface area (Å²) in [5.74, 6) is -0.0743. The van der Waals surface area contributed by atoms with Crippen molar-refractivity contribution in [3.8, 4) is 0 Å². The number of aryl methyl sites for hydroxylation is 1. The van der Waals surface area contributed by atoms with Gasteiger partial charge in [0.2, 0.25) is 0 Å². The van der Waals surface area contributed by atoms with E-state index >= 15 is 0 Å². The fraction of sp³-hybridized carbons (Fsp3) is 0.625. The maximum atomic E-state index is 12.5. The van der Waals surface area contributed by atoms with Gasteiger partial charge in [0.25, 0.3) is 5.91 Å². The zero-order chi connectivity index (χ0) is 17.3. The lowest BCUT2D eigenvalue weighted by Gasteiger charge is -2.31. The number of amides is 1. The van der Waals surface area contributed by atoms with Crippen molar-refractivity contribution in [2.75, 3.05) is 0 Å². The number of aliphatic hydroxyl groups is 1. The van der Waals surface area contributed by atoms with Crippen molar-refractivity contribution in [1.29, 1.82) is 0 Å². The second-order valence-electron chi connectivity index (χ2n) is 6.84. The molecule has 0 bridgehead atoms. The van der Waals surface area contributed by atoms with Crippen molar-refractivity contribution >= 4 is 17.2 Å². The van der Waals surface area contributed by atoms with Crippen LogP contribution in [0.15, 0.2) is 11.7 Å². The molecule has 0 aliphatic heterocycles. The minimum absolute atomic E-state index is 0.00380. The summed E-state index contributed by atoms with van der Waals surface area (Å²) in [6.45, 7) is 5.22. The molecule has 0 radical (unpaired) electrons. The van der Waals surface area contributed by atoms with Gasteiger partial charge in [0.1, 0.15) is 16.2 Å². The van der Waals surface area contributed by atoms with Gasteiger partial charge >= 0.3 is 0 Å². The highest BCUT2D eigenvalue weighted by Crippen LogP contribution is 2.29. The third-order valence-electron chi connectivity index (χ3n) is 4.47. The van der Waals surface area contributed by atoms with Crippen molar-refractivity contribution in [3.63, 3.8) is 0 Å². The number of hydrogen-bond donors (Lipinski definition) is 2. The van der Waals surface area contributed by atoms with E-state index in [0.717, 1.165) is 31.4 Å². The minimum Gasteiger partial charge on any atom is -0.384 e. The van der Waals surface area contributed by atoms with Crippen molar-refractivity contribution in [1.82, 2.24) is 25.3 Å². The molecule has 1 fully saturated rings. The third-order valence-corrected chi connectivity index (χ3v) is 5.40. The van der Waals surface area contributed by atoms with E-state index in [1.807, 2.05) is 6.92 Å². The molecule has 3 rings (SSSR count). The number of aromatic nitrogens is 4. The molecule has 2 N–H and O–H groups in total. The van der Waals surface area contributed by atoms with Crippen molar-refractivity contribution in [2.24, 2.45) is 0 Å². The average molecular weight is 349 g/mol. The molecule has 1 aliphatic carbocycles. The van der Waals surface area contributed by atoms with Crippen LogP contribution in [-0.4, -0.2) is 37.0 Å². The Bertz CT molecular complexity index is 718. The summed E-state index contributed by atoms with van der Waals surface area (Å²) in [7, 11) is 0. The quantitative estimate of drug-likeness (QED) is 0.882. The zero-order valence-electron chi connectivity index (χ0n) is 14.2. The molecule has 0 saturated heterocycles. The van der Waals surface area contributed by atoms with Crippen LogP contribution in [0.4, 0.5) is 0 Å². The number of carbonyl (C=O) groups excluding carboxylic acids is 1. The van der Waals surface area contributed by atoms with Gasteiger partial charge in [-0.3, -0.25) is 4.79 Å². The van der Waals surface area contributed by atoms with Gasteiger partial charge in [-0.2, -0.15) is 0 Å². The SMILES string of the molecule is Cc1ncsc1C(=O)N[C@H]1CCCC[C@H]1n1cc(C(C)(C)O)nn1. The Morgan fingerprint density at radius 1 is 1.42 bits per heavy atom. The monoisotopic (exact) mass is 349 g/mol. The Balaban J connectivity index is 1.77. The molecular formula is C16H23N5O2S. The maximum Gasteiger partial charge on any atom is 0.263 e. The van der Waals surface area contributed by atoms with Crippen molar-refractivity contribution in [3.05, 3.63) is 28.0 Å². The molecule has 2 aromatic heterocycles. The third kappa shape index (κ3) is 3.49. The summed E-state index contributed by atoms with van der Waals surface area (Å²) < 4.78 is 1.79. The molecule has 0 unspecified atom stereocenters. The Hall–Kier alpha value is -1.80. The molecule has 0 aromatic carbocycles. The first-order chi connectivity index (χ1) is 11.4. The second kappa shape index (κ2) is 6.60. The smallest absolute Gasteiger partial charge is 0.263 e. The minimum atomic E-state index is -1.02. The van der Waals surface area contributed by atoms with Gasteiger partial charge in [-0.25, -0.2) is 9.67 Å². The molecule has 1 saturated carbocycles. The number of nitrogens with zero attached hydrogens (tertiary/aromatic N) is 4. The predicted octanol–water partition coefficient (Wildman–Crippen LogP) is 2.18. The van der Waals surface area contributed by atoms with Gasteiger partial charge < -0.3 is 10.4 Å². The summed E-state index contributed by atoms with van der Waals surface area (Å²) in [5.41, 5.74) is 1.97. The lowest BCUT2D eigenvalue weighted by atomic mass is 9.90. The van der Waals surface area contributed by atoms with E-state index in [0.29, 0.717) is 10.6 Å². The molecule has 2 heterocycles. The van der Waals surface area contributed by atoms with Gasteiger partial charge in [0.15, 0.2) is 0 Å². The van der Waals surface area contributed by atoms with Crippen LogP contribution in [0.2, 0.25) is 0 Å². The molecule has 1 aliphatic rings. The van der Waals surface area contributed by atoms with E-state index in [9.17, 15) is 9.90 Å². The number of carbonyl (C=O) groups is 1. The van der Waals surface area contributed by atoms with Crippen LogP contribution in [-0.2, 0) is 5.60 Å². The van der Waals surface area contributed by atoms with E-state index in [1.54, 1.807) is 30.2 Å². The van der Waals surface area contributed by atoms with Crippen LogP contribution in [0.5, 0.6) is 0 Å². The molecule has 2 aromatic rings. The molecule has 7 nitrogen and oxygen atoms in total. The van der Waals surface area contributed by atoms with Crippen LogP contribution < -0.4 is 5.32 Å². The number of nitrogens with one attached hydrogen (secondary N) is 1. The highest BCUT2D eigenvalue weighted by Gasteiger charge is 2.31. The summed E-state index contributed by atoms with van der Waals surface area (Å²) >= 11 is 1.36.